The maximum absolute atomic E-state index is 13.5. The van der Waals surface area contributed by atoms with Crippen molar-refractivity contribution < 1.29 is 23.9 Å². The second kappa shape index (κ2) is 10.4. The fraction of sp³-hybridized carbons (Fsp3) is 0.524. The third kappa shape index (κ3) is 4.47. The first kappa shape index (κ1) is 25.7. The molecule has 1 aromatic heterocycles. The van der Waals surface area contributed by atoms with E-state index in [-0.39, 0.29) is 16.7 Å². The lowest BCUT2D eigenvalue weighted by Gasteiger charge is -2.48. The number of nitriles is 1. The average molecular weight is 479 g/mol. The fourth-order valence-corrected chi connectivity index (χ4v) is 5.98. The minimum atomic E-state index is -1.55. The topological polar surface area (TPSA) is 121 Å². The molecule has 2 fully saturated rings. The van der Waals surface area contributed by atoms with Crippen LogP contribution in [-0.4, -0.2) is 61.2 Å². The maximum Gasteiger partial charge on any atom is 0.260 e. The quantitative estimate of drug-likeness (QED) is 0.643. The van der Waals surface area contributed by atoms with E-state index < -0.39 is 34.0 Å². The zero-order valence-corrected chi connectivity index (χ0v) is 20.5. The summed E-state index contributed by atoms with van der Waals surface area (Å²) in [5.41, 5.74) is 0.547. The third-order valence-electron chi connectivity index (χ3n) is 5.07. The van der Waals surface area contributed by atoms with Crippen molar-refractivity contribution in [3.63, 3.8) is 0 Å². The summed E-state index contributed by atoms with van der Waals surface area (Å²) in [6, 6.07) is 4.68. The summed E-state index contributed by atoms with van der Waals surface area (Å²) in [6.07, 6.45) is 1.49. The fourth-order valence-electron chi connectivity index (χ4n) is 3.93. The van der Waals surface area contributed by atoms with Crippen molar-refractivity contribution >= 4 is 45.6 Å². The van der Waals surface area contributed by atoms with Gasteiger partial charge >= 0.3 is 0 Å². The molecule has 0 bridgehead atoms. The molecule has 2 aliphatic rings. The van der Waals surface area contributed by atoms with E-state index in [9.17, 15) is 24.4 Å². The van der Waals surface area contributed by atoms with E-state index in [0.29, 0.717) is 11.4 Å². The van der Waals surface area contributed by atoms with Crippen LogP contribution in [0, 0.1) is 17.2 Å². The predicted molar refractivity (Wildman–Crippen MR) is 121 cm³/mol. The molecule has 0 saturated carbocycles. The van der Waals surface area contributed by atoms with Crippen molar-refractivity contribution in [3.8, 4) is 11.9 Å². The third-order valence-corrected chi connectivity index (χ3v) is 7.30. The van der Waals surface area contributed by atoms with E-state index in [2.05, 4.69) is 11.1 Å². The van der Waals surface area contributed by atoms with Gasteiger partial charge in [-0.3, -0.25) is 19.2 Å². The monoisotopic (exact) mass is 478 g/mol. The molecule has 0 radical (unpaired) electrons. The van der Waals surface area contributed by atoms with Crippen molar-refractivity contribution in [2.75, 3.05) is 14.2 Å². The molecule has 2 amide bonds. The first-order valence-electron chi connectivity index (χ1n) is 10.0. The highest BCUT2D eigenvalue weighted by Gasteiger charge is 2.65. The summed E-state index contributed by atoms with van der Waals surface area (Å²) in [6.45, 7) is 6.63. The molecule has 9 nitrogen and oxygen atoms in total. The standard InChI is InChI=1S/C19H20N4O5S2.C2H6/c1-10(24)29-17-16(26)23-15(12-5-6-14(28-4)21-9-12)13(8-20)7-19(23,30-11(2)25)18(27)22(17)3;1-2/h5-6,9,13,15,17H,7H2,1-4H3;1-2H3/t13?,15-,17-,19?;/m0./s1. The van der Waals surface area contributed by atoms with Gasteiger partial charge in [-0.15, -0.1) is 0 Å². The zero-order chi connectivity index (χ0) is 24.2. The molecule has 1 aromatic rings. The highest BCUT2D eigenvalue weighted by atomic mass is 32.2. The van der Waals surface area contributed by atoms with Crippen LogP contribution >= 0.6 is 23.5 Å². The molecule has 2 unspecified atom stereocenters. The smallest absolute Gasteiger partial charge is 0.260 e. The van der Waals surface area contributed by atoms with Crippen LogP contribution in [-0.2, 0) is 19.2 Å². The molecule has 0 aliphatic carbocycles. The number of thioether (sulfide) groups is 2. The Labute approximate surface area is 195 Å². The number of aromatic nitrogens is 1. The first-order chi connectivity index (χ1) is 15.2. The van der Waals surface area contributed by atoms with Gasteiger partial charge in [0.1, 0.15) is 0 Å². The van der Waals surface area contributed by atoms with E-state index >= 15 is 0 Å². The van der Waals surface area contributed by atoms with Gasteiger partial charge in [0.05, 0.1) is 25.1 Å². The Morgan fingerprint density at radius 2 is 1.91 bits per heavy atom. The van der Waals surface area contributed by atoms with Crippen molar-refractivity contribution in [1.82, 2.24) is 14.8 Å². The lowest BCUT2D eigenvalue weighted by atomic mass is 9.95. The lowest BCUT2D eigenvalue weighted by Crippen LogP contribution is -2.66. The van der Waals surface area contributed by atoms with Crippen LogP contribution in [0.4, 0.5) is 0 Å². The SMILES string of the molecule is CC.COc1ccc([C@H]2C(C#N)CC3(SC(C)=O)C(=O)N(C)[C@@H](SC(C)=O)C(=O)N23)cn1. The Balaban J connectivity index is 0.00000176. The maximum atomic E-state index is 13.5. The Morgan fingerprint density at radius 1 is 1.25 bits per heavy atom. The van der Waals surface area contributed by atoms with Crippen LogP contribution in [0.5, 0.6) is 5.88 Å². The Kier molecular flexibility index (Phi) is 8.31. The number of piperazine rings is 1. The van der Waals surface area contributed by atoms with E-state index in [4.69, 9.17) is 4.74 Å². The lowest BCUT2D eigenvalue weighted by molar-refractivity contribution is -0.158. The second-order valence-corrected chi connectivity index (χ2v) is 9.69. The number of likely N-dealkylation sites (N-methyl/N-ethyl adjacent to an activating group) is 1. The van der Waals surface area contributed by atoms with Crippen molar-refractivity contribution in [2.24, 2.45) is 5.92 Å². The number of pyridine rings is 1. The largest absolute Gasteiger partial charge is 0.481 e. The first-order valence-corrected chi connectivity index (χ1v) is 11.7. The van der Waals surface area contributed by atoms with Crippen LogP contribution in [0.3, 0.4) is 0 Å². The summed E-state index contributed by atoms with van der Waals surface area (Å²) in [4.78, 5) is 55.9. The number of amides is 2. The number of methoxy groups -OCH3 is 1. The molecular formula is C21H26N4O5S2. The Bertz CT molecular complexity index is 949. The molecule has 3 heterocycles. The molecule has 0 spiro atoms. The molecular weight excluding hydrogens is 452 g/mol. The number of hydrogen-bond acceptors (Lipinski definition) is 9. The van der Waals surface area contributed by atoms with Crippen LogP contribution in [0.1, 0.15) is 45.7 Å². The number of hydrogen-bond donors (Lipinski definition) is 0. The number of ether oxygens (including phenoxy) is 1. The highest BCUT2D eigenvalue weighted by molar-refractivity contribution is 8.15. The van der Waals surface area contributed by atoms with Crippen LogP contribution in [0.25, 0.3) is 0 Å². The van der Waals surface area contributed by atoms with Gasteiger partial charge in [0.15, 0.2) is 20.5 Å². The summed E-state index contributed by atoms with van der Waals surface area (Å²) in [5.74, 6) is -1.36. The summed E-state index contributed by atoms with van der Waals surface area (Å²) >= 11 is 1.48. The summed E-state index contributed by atoms with van der Waals surface area (Å²) in [5, 5.41) is 8.09. The van der Waals surface area contributed by atoms with Crippen LogP contribution in [0.2, 0.25) is 0 Å². The van der Waals surface area contributed by atoms with Crippen molar-refractivity contribution in [1.29, 1.82) is 5.26 Å². The summed E-state index contributed by atoms with van der Waals surface area (Å²) < 4.78 is 5.07. The van der Waals surface area contributed by atoms with Gasteiger partial charge in [0, 0.05) is 39.6 Å². The molecule has 11 heteroatoms. The van der Waals surface area contributed by atoms with Gasteiger partial charge in [-0.2, -0.15) is 5.26 Å². The molecule has 2 saturated heterocycles. The molecule has 172 valence electrons. The van der Waals surface area contributed by atoms with E-state index in [1.54, 1.807) is 12.1 Å². The van der Waals surface area contributed by atoms with Gasteiger partial charge in [0.2, 0.25) is 5.88 Å². The van der Waals surface area contributed by atoms with Crippen molar-refractivity contribution in [2.45, 2.75) is 50.4 Å². The molecule has 0 N–H and O–H groups in total. The molecule has 32 heavy (non-hydrogen) atoms. The van der Waals surface area contributed by atoms with E-state index in [0.717, 1.165) is 23.5 Å². The van der Waals surface area contributed by atoms with Gasteiger partial charge in [-0.25, -0.2) is 4.98 Å². The predicted octanol–water partition coefficient (Wildman–Crippen LogP) is 2.58. The van der Waals surface area contributed by atoms with E-state index in [1.165, 1.54) is 44.0 Å². The molecule has 4 atom stereocenters. The van der Waals surface area contributed by atoms with Crippen LogP contribution < -0.4 is 4.74 Å². The number of carbonyl (C=O) groups is 4. The number of rotatable bonds is 4. The number of fused-ring (bicyclic) bond motifs is 1. The zero-order valence-electron chi connectivity index (χ0n) is 18.8. The summed E-state index contributed by atoms with van der Waals surface area (Å²) in [7, 11) is 2.90. The molecule has 2 aliphatic heterocycles. The number of nitrogens with zero attached hydrogens (tertiary/aromatic N) is 4. The van der Waals surface area contributed by atoms with Gasteiger partial charge in [-0.05, 0) is 17.3 Å². The normalized spacial score (nSPS) is 26.6. The van der Waals surface area contributed by atoms with E-state index in [1.807, 2.05) is 13.8 Å². The van der Waals surface area contributed by atoms with Crippen LogP contribution in [0.15, 0.2) is 18.3 Å². The van der Waals surface area contributed by atoms with Gasteiger partial charge in [-0.1, -0.05) is 31.7 Å². The Morgan fingerprint density at radius 3 is 2.38 bits per heavy atom. The minimum Gasteiger partial charge on any atom is -0.481 e. The second-order valence-electron chi connectivity index (χ2n) is 6.98. The van der Waals surface area contributed by atoms with Crippen molar-refractivity contribution in [3.05, 3.63) is 23.9 Å². The average Bonchev–Trinajstić information content (AvgIpc) is 3.11. The minimum absolute atomic E-state index is 0.00316. The highest BCUT2D eigenvalue weighted by Crippen LogP contribution is 2.55. The Hall–Kier alpha value is -2.58. The number of carbonyl (C=O) groups excluding carboxylic acids is 4. The molecule has 0 aromatic carbocycles. The molecule has 3 rings (SSSR count). The van der Waals surface area contributed by atoms with Gasteiger partial charge in [0.25, 0.3) is 11.8 Å². The van der Waals surface area contributed by atoms with Gasteiger partial charge < -0.3 is 14.5 Å².